The summed E-state index contributed by atoms with van der Waals surface area (Å²) in [7, 11) is 4.12. The molecular formula is C15H23F2N3. The molecule has 0 aliphatic carbocycles. The van der Waals surface area contributed by atoms with Crippen molar-refractivity contribution >= 4 is 0 Å². The van der Waals surface area contributed by atoms with Gasteiger partial charge in [-0.05, 0) is 58.2 Å². The number of hydrogen-bond donors (Lipinski definition) is 1. The van der Waals surface area contributed by atoms with Gasteiger partial charge in [0.05, 0.1) is 0 Å². The molecule has 2 rings (SSSR count). The van der Waals surface area contributed by atoms with Crippen LogP contribution in [-0.2, 0) is 0 Å². The van der Waals surface area contributed by atoms with Gasteiger partial charge in [-0.3, -0.25) is 0 Å². The molecule has 1 heterocycles. The highest BCUT2D eigenvalue weighted by molar-refractivity contribution is 5.22. The number of rotatable bonds is 4. The Balaban J connectivity index is 1.96. The zero-order valence-corrected chi connectivity index (χ0v) is 12.1. The van der Waals surface area contributed by atoms with E-state index in [0.29, 0.717) is 12.6 Å². The van der Waals surface area contributed by atoms with Gasteiger partial charge in [0.15, 0.2) is 0 Å². The molecular weight excluding hydrogens is 260 g/mol. The van der Waals surface area contributed by atoms with Gasteiger partial charge in [0.25, 0.3) is 0 Å². The Kier molecular flexibility index (Phi) is 5.07. The molecule has 1 saturated heterocycles. The number of benzene rings is 1. The summed E-state index contributed by atoms with van der Waals surface area (Å²) in [5.41, 5.74) is 6.30. The fraction of sp³-hybridized carbons (Fsp3) is 0.600. The van der Waals surface area contributed by atoms with Gasteiger partial charge < -0.3 is 15.5 Å². The molecule has 1 unspecified atom stereocenters. The Morgan fingerprint density at radius 1 is 1.35 bits per heavy atom. The highest BCUT2D eigenvalue weighted by Crippen LogP contribution is 2.20. The van der Waals surface area contributed by atoms with E-state index in [4.69, 9.17) is 5.73 Å². The van der Waals surface area contributed by atoms with Crippen LogP contribution < -0.4 is 5.73 Å². The monoisotopic (exact) mass is 283 g/mol. The quantitative estimate of drug-likeness (QED) is 0.917. The van der Waals surface area contributed by atoms with Gasteiger partial charge in [-0.25, -0.2) is 8.78 Å². The number of likely N-dealkylation sites (N-methyl/N-ethyl adjacent to an activating group) is 1. The van der Waals surface area contributed by atoms with E-state index in [2.05, 4.69) is 16.8 Å². The first kappa shape index (κ1) is 15.4. The smallest absolute Gasteiger partial charge is 0.128 e. The predicted molar refractivity (Wildman–Crippen MR) is 76.4 cm³/mol. The van der Waals surface area contributed by atoms with Gasteiger partial charge in [-0.15, -0.1) is 0 Å². The van der Waals surface area contributed by atoms with Crippen molar-refractivity contribution in [3.8, 4) is 0 Å². The van der Waals surface area contributed by atoms with Crippen molar-refractivity contribution in [1.82, 2.24) is 9.80 Å². The number of hydrogen-bond acceptors (Lipinski definition) is 3. The highest BCUT2D eigenvalue weighted by atomic mass is 19.1. The van der Waals surface area contributed by atoms with Crippen molar-refractivity contribution < 1.29 is 8.78 Å². The van der Waals surface area contributed by atoms with Gasteiger partial charge in [0, 0.05) is 24.2 Å². The number of nitrogens with zero attached hydrogens (tertiary/aromatic N) is 2. The first-order chi connectivity index (χ1) is 9.47. The van der Waals surface area contributed by atoms with Crippen LogP contribution >= 0.6 is 0 Å². The maximum atomic E-state index is 13.7. The van der Waals surface area contributed by atoms with E-state index in [1.54, 1.807) is 0 Å². The summed E-state index contributed by atoms with van der Waals surface area (Å²) in [5.74, 6) is -0.880. The first-order valence-corrected chi connectivity index (χ1v) is 7.06. The number of halogens is 2. The molecule has 1 aromatic rings. The van der Waals surface area contributed by atoms with E-state index in [1.165, 1.54) is 6.07 Å². The van der Waals surface area contributed by atoms with Crippen molar-refractivity contribution in [1.29, 1.82) is 0 Å². The fourth-order valence-electron chi connectivity index (χ4n) is 2.79. The van der Waals surface area contributed by atoms with Crippen molar-refractivity contribution in [2.45, 2.75) is 24.9 Å². The fourth-order valence-corrected chi connectivity index (χ4v) is 2.79. The van der Waals surface area contributed by atoms with Crippen LogP contribution in [0.1, 0.15) is 24.4 Å². The Morgan fingerprint density at radius 3 is 2.65 bits per heavy atom. The van der Waals surface area contributed by atoms with Crippen LogP contribution in [-0.4, -0.2) is 49.6 Å². The molecule has 1 aliphatic heterocycles. The van der Waals surface area contributed by atoms with Crippen molar-refractivity contribution in [3.05, 3.63) is 35.4 Å². The first-order valence-electron chi connectivity index (χ1n) is 7.06. The van der Waals surface area contributed by atoms with Crippen LogP contribution in [0.15, 0.2) is 18.2 Å². The summed E-state index contributed by atoms with van der Waals surface area (Å²) in [6.07, 6.45) is 2.18. The number of nitrogens with two attached hydrogens (primary N) is 1. The molecule has 1 aromatic carbocycles. The average molecular weight is 283 g/mol. The number of likely N-dealkylation sites (tertiary alicyclic amines) is 1. The zero-order chi connectivity index (χ0) is 14.7. The van der Waals surface area contributed by atoms with Gasteiger partial charge >= 0.3 is 0 Å². The molecule has 0 bridgehead atoms. The van der Waals surface area contributed by atoms with Crippen LogP contribution in [0.5, 0.6) is 0 Å². The van der Waals surface area contributed by atoms with Crippen LogP contribution in [0.4, 0.5) is 8.78 Å². The minimum Gasteiger partial charge on any atom is -0.323 e. The zero-order valence-electron chi connectivity index (χ0n) is 12.1. The van der Waals surface area contributed by atoms with E-state index < -0.39 is 17.7 Å². The second-order valence-corrected chi connectivity index (χ2v) is 5.75. The minimum atomic E-state index is -0.504. The molecule has 20 heavy (non-hydrogen) atoms. The summed E-state index contributed by atoms with van der Waals surface area (Å²) < 4.78 is 26.9. The minimum absolute atomic E-state index is 0.254. The second-order valence-electron chi connectivity index (χ2n) is 5.75. The second kappa shape index (κ2) is 6.61. The van der Waals surface area contributed by atoms with E-state index >= 15 is 0 Å². The lowest BCUT2D eigenvalue weighted by Crippen LogP contribution is -2.44. The summed E-state index contributed by atoms with van der Waals surface area (Å²) in [6, 6.07) is 3.42. The van der Waals surface area contributed by atoms with E-state index in [1.807, 2.05) is 7.05 Å². The average Bonchev–Trinajstić information content (AvgIpc) is 2.42. The lowest BCUT2D eigenvalue weighted by Gasteiger charge is -2.36. The van der Waals surface area contributed by atoms with Gasteiger partial charge in [0.1, 0.15) is 11.6 Å². The summed E-state index contributed by atoms with van der Waals surface area (Å²) >= 11 is 0. The predicted octanol–water partition coefficient (Wildman–Crippen LogP) is 1.99. The van der Waals surface area contributed by atoms with Crippen LogP contribution in [0, 0.1) is 11.6 Å². The lowest BCUT2D eigenvalue weighted by atomic mass is 10.0. The molecule has 112 valence electrons. The molecule has 0 spiro atoms. The normalized spacial score (nSPS) is 19.5. The topological polar surface area (TPSA) is 32.5 Å². The molecule has 0 aromatic heterocycles. The van der Waals surface area contributed by atoms with Crippen molar-refractivity contribution in [3.63, 3.8) is 0 Å². The van der Waals surface area contributed by atoms with Crippen LogP contribution in [0.3, 0.4) is 0 Å². The maximum Gasteiger partial charge on any atom is 0.128 e. The Labute approximate surface area is 119 Å². The molecule has 0 radical (unpaired) electrons. The van der Waals surface area contributed by atoms with Gasteiger partial charge in [-0.2, -0.15) is 0 Å². The summed E-state index contributed by atoms with van der Waals surface area (Å²) in [5, 5.41) is 0. The van der Waals surface area contributed by atoms with E-state index in [-0.39, 0.29) is 5.56 Å². The van der Waals surface area contributed by atoms with E-state index in [0.717, 1.165) is 38.1 Å². The van der Waals surface area contributed by atoms with Gasteiger partial charge in [-0.1, -0.05) is 0 Å². The molecule has 1 fully saturated rings. The van der Waals surface area contributed by atoms with Gasteiger partial charge in [0.2, 0.25) is 0 Å². The van der Waals surface area contributed by atoms with E-state index in [9.17, 15) is 8.78 Å². The molecule has 0 saturated carbocycles. The SMILES string of the molecule is CN1CCC(N(C)CC(N)c2cc(F)ccc2F)CC1. The number of piperidine rings is 1. The summed E-state index contributed by atoms with van der Waals surface area (Å²) in [4.78, 5) is 4.47. The molecule has 3 nitrogen and oxygen atoms in total. The largest absolute Gasteiger partial charge is 0.323 e. The third-order valence-corrected chi connectivity index (χ3v) is 4.15. The van der Waals surface area contributed by atoms with Crippen LogP contribution in [0.2, 0.25) is 0 Å². The Hall–Kier alpha value is -1.04. The van der Waals surface area contributed by atoms with Crippen molar-refractivity contribution in [2.75, 3.05) is 33.7 Å². The highest BCUT2D eigenvalue weighted by Gasteiger charge is 2.23. The third-order valence-electron chi connectivity index (χ3n) is 4.15. The molecule has 0 amide bonds. The molecule has 5 heteroatoms. The van der Waals surface area contributed by atoms with Crippen LogP contribution in [0.25, 0.3) is 0 Å². The molecule has 1 aliphatic rings. The Morgan fingerprint density at radius 2 is 2.00 bits per heavy atom. The molecule has 1 atom stereocenters. The third kappa shape index (κ3) is 3.75. The standard InChI is InChI=1S/C15H23F2N3/c1-19-7-5-12(6-8-19)20(2)10-15(18)13-9-11(16)3-4-14(13)17/h3-4,9,12,15H,5-8,10,18H2,1-2H3. The Bertz CT molecular complexity index is 445. The van der Waals surface area contributed by atoms with Crippen molar-refractivity contribution in [2.24, 2.45) is 5.73 Å². The molecule has 2 N–H and O–H groups in total. The lowest BCUT2D eigenvalue weighted by molar-refractivity contribution is 0.138. The maximum absolute atomic E-state index is 13.7. The summed E-state index contributed by atoms with van der Waals surface area (Å²) in [6.45, 7) is 2.67.